The first-order chi connectivity index (χ1) is 13.8. The molecule has 0 spiro atoms. The van der Waals surface area contributed by atoms with E-state index >= 15 is 0 Å². The normalized spacial score (nSPS) is 12.4. The Morgan fingerprint density at radius 3 is 2.66 bits per heavy atom. The number of rotatable bonds is 7. The van der Waals surface area contributed by atoms with E-state index in [1.54, 1.807) is 13.1 Å². The van der Waals surface area contributed by atoms with Crippen molar-refractivity contribution in [2.24, 2.45) is 7.05 Å². The molecule has 0 N–H and O–H groups in total. The first kappa shape index (κ1) is 21.0. The monoisotopic (exact) mass is 423 g/mol. The van der Waals surface area contributed by atoms with Gasteiger partial charge in [0.15, 0.2) is 5.75 Å². The van der Waals surface area contributed by atoms with Crippen LogP contribution in [0.25, 0.3) is 11.0 Å². The molecule has 0 aliphatic heterocycles. The van der Waals surface area contributed by atoms with Crippen LogP contribution in [0.15, 0.2) is 30.3 Å². The van der Waals surface area contributed by atoms with Crippen molar-refractivity contribution in [2.75, 3.05) is 7.11 Å². The fourth-order valence-electron chi connectivity index (χ4n) is 3.29. The summed E-state index contributed by atoms with van der Waals surface area (Å²) in [5.41, 5.74) is 4.07. The molecule has 0 aliphatic carbocycles. The first-order valence-corrected chi connectivity index (χ1v) is 9.37. The highest BCUT2D eigenvalue weighted by Gasteiger charge is 2.23. The van der Waals surface area contributed by atoms with Crippen LogP contribution in [-0.2, 0) is 22.5 Å². The van der Waals surface area contributed by atoms with Crippen molar-refractivity contribution < 1.29 is 23.0 Å². The Morgan fingerprint density at radius 1 is 1.24 bits per heavy atom. The third-order valence-electron chi connectivity index (χ3n) is 4.82. The van der Waals surface area contributed by atoms with Crippen molar-refractivity contribution in [3.05, 3.63) is 52.6 Å². The minimum Gasteiger partial charge on any atom is -0.469 e. The molecule has 0 saturated heterocycles. The number of methoxy groups -OCH3 is 1. The summed E-state index contributed by atoms with van der Waals surface area (Å²) in [5, 5.41) is 7.91. The minimum atomic E-state index is -3.01. The fourth-order valence-corrected chi connectivity index (χ4v) is 3.58. The summed E-state index contributed by atoms with van der Waals surface area (Å²) in [5.74, 6) is -0.636. The third-order valence-corrected chi connectivity index (χ3v) is 5.11. The van der Waals surface area contributed by atoms with E-state index in [-0.39, 0.29) is 12.2 Å². The van der Waals surface area contributed by atoms with Gasteiger partial charge in [-0.05, 0) is 41.3 Å². The van der Waals surface area contributed by atoms with E-state index in [2.05, 4.69) is 10.3 Å². The Hall–Kier alpha value is -2.74. The van der Waals surface area contributed by atoms with Crippen molar-refractivity contribution in [3.8, 4) is 5.75 Å². The Labute approximate surface area is 171 Å². The van der Waals surface area contributed by atoms with Gasteiger partial charge in [0.1, 0.15) is 11.0 Å². The minimum absolute atomic E-state index is 0.0151. The van der Waals surface area contributed by atoms with Gasteiger partial charge in [0, 0.05) is 18.8 Å². The lowest BCUT2D eigenvalue weighted by Crippen LogP contribution is -2.12. The van der Waals surface area contributed by atoms with Gasteiger partial charge in [-0.15, -0.1) is 16.7 Å². The number of nitrogens with zero attached hydrogens (tertiary/aromatic N) is 3. The Bertz CT molecular complexity index is 1040. The fraction of sp³-hybridized carbons (Fsp3) is 0.350. The Balaban J connectivity index is 2.17. The lowest BCUT2D eigenvalue weighted by atomic mass is 9.86. The van der Waals surface area contributed by atoms with Gasteiger partial charge in [-0.3, -0.25) is 4.79 Å². The van der Waals surface area contributed by atoms with Gasteiger partial charge in [-0.2, -0.15) is 8.78 Å². The number of carbonyl (C=O) groups excluding carboxylic acids is 1. The second-order valence-corrected chi connectivity index (χ2v) is 6.90. The van der Waals surface area contributed by atoms with Crippen molar-refractivity contribution in [2.45, 2.75) is 31.8 Å². The van der Waals surface area contributed by atoms with Gasteiger partial charge in [0.05, 0.1) is 13.5 Å². The molecule has 1 unspecified atom stereocenters. The number of hydrogen-bond donors (Lipinski definition) is 0. The van der Waals surface area contributed by atoms with E-state index in [0.717, 1.165) is 16.7 Å². The van der Waals surface area contributed by atoms with Crippen LogP contribution in [0.1, 0.15) is 34.6 Å². The second kappa shape index (κ2) is 8.73. The van der Waals surface area contributed by atoms with E-state index in [4.69, 9.17) is 21.1 Å². The average molecular weight is 424 g/mol. The SMILES string of the molecule is COC(=O)CC(c1ccc(C)c(CCl)c1)c1cc(OC(F)F)c2c(c1)nnn2C. The molecule has 3 rings (SSSR count). The molecule has 1 aromatic heterocycles. The quantitative estimate of drug-likeness (QED) is 0.418. The van der Waals surface area contributed by atoms with Crippen molar-refractivity contribution in [1.29, 1.82) is 0 Å². The van der Waals surface area contributed by atoms with Crippen molar-refractivity contribution >= 4 is 28.6 Å². The second-order valence-electron chi connectivity index (χ2n) is 6.63. The largest absolute Gasteiger partial charge is 0.469 e. The van der Waals surface area contributed by atoms with Crippen LogP contribution in [0.5, 0.6) is 5.75 Å². The molecule has 154 valence electrons. The van der Waals surface area contributed by atoms with Crippen molar-refractivity contribution in [3.63, 3.8) is 0 Å². The van der Waals surface area contributed by atoms with Crippen LogP contribution in [0, 0.1) is 6.92 Å². The Kier molecular flexibility index (Phi) is 6.32. The number of esters is 1. The number of aryl methyl sites for hydroxylation is 2. The van der Waals surface area contributed by atoms with Gasteiger partial charge in [-0.25, -0.2) is 4.68 Å². The Morgan fingerprint density at radius 2 is 2.00 bits per heavy atom. The summed E-state index contributed by atoms with van der Waals surface area (Å²) in [6.07, 6.45) is 0.0151. The summed E-state index contributed by atoms with van der Waals surface area (Å²) in [6.45, 7) is -1.07. The molecule has 0 fully saturated rings. The third kappa shape index (κ3) is 4.48. The number of alkyl halides is 3. The van der Waals surface area contributed by atoms with Crippen molar-refractivity contribution in [1.82, 2.24) is 15.0 Å². The van der Waals surface area contributed by atoms with E-state index in [0.29, 0.717) is 22.5 Å². The predicted molar refractivity (Wildman–Crippen MR) is 104 cm³/mol. The maximum absolute atomic E-state index is 13.0. The molecule has 1 heterocycles. The van der Waals surface area contributed by atoms with E-state index in [9.17, 15) is 13.6 Å². The maximum Gasteiger partial charge on any atom is 0.387 e. The molecule has 0 amide bonds. The molecule has 6 nitrogen and oxygen atoms in total. The van der Waals surface area contributed by atoms with Crippen LogP contribution in [0.4, 0.5) is 8.78 Å². The van der Waals surface area contributed by atoms with Crippen LogP contribution in [-0.4, -0.2) is 34.7 Å². The number of fused-ring (bicyclic) bond motifs is 1. The average Bonchev–Trinajstić information content (AvgIpc) is 3.07. The topological polar surface area (TPSA) is 66.2 Å². The standard InChI is InChI=1S/C20H20ClF2N3O3/c1-11-4-5-12(6-14(11)10-21)15(9-18(27)28-3)13-7-16-19(26(2)25-24-16)17(8-13)29-20(22)23/h4-8,15,20H,9-10H2,1-3H3. The number of ether oxygens (including phenoxy) is 2. The zero-order valence-electron chi connectivity index (χ0n) is 16.2. The van der Waals surface area contributed by atoms with E-state index < -0.39 is 18.5 Å². The molecule has 2 aromatic carbocycles. The highest BCUT2D eigenvalue weighted by molar-refractivity contribution is 6.17. The number of halogens is 3. The van der Waals surface area contributed by atoms with Gasteiger partial charge in [0.2, 0.25) is 0 Å². The summed E-state index contributed by atoms with van der Waals surface area (Å²) >= 11 is 6.04. The van der Waals surface area contributed by atoms with E-state index in [1.165, 1.54) is 17.9 Å². The van der Waals surface area contributed by atoms with E-state index in [1.807, 2.05) is 25.1 Å². The van der Waals surface area contributed by atoms with Crippen LogP contribution >= 0.6 is 11.6 Å². The number of benzene rings is 2. The smallest absolute Gasteiger partial charge is 0.387 e. The van der Waals surface area contributed by atoms with Gasteiger partial charge in [0.25, 0.3) is 0 Å². The highest BCUT2D eigenvalue weighted by atomic mass is 35.5. The number of hydrogen-bond acceptors (Lipinski definition) is 5. The molecule has 1 atom stereocenters. The molecular weight excluding hydrogens is 404 g/mol. The van der Waals surface area contributed by atoms with Crippen LogP contribution in [0.3, 0.4) is 0 Å². The van der Waals surface area contributed by atoms with Crippen LogP contribution in [0.2, 0.25) is 0 Å². The first-order valence-electron chi connectivity index (χ1n) is 8.84. The zero-order valence-corrected chi connectivity index (χ0v) is 16.9. The predicted octanol–water partition coefficient (Wildman–Crippen LogP) is 4.31. The molecule has 0 radical (unpaired) electrons. The molecule has 0 saturated carbocycles. The molecule has 9 heteroatoms. The number of aromatic nitrogens is 3. The highest BCUT2D eigenvalue weighted by Crippen LogP contribution is 2.36. The maximum atomic E-state index is 13.0. The summed E-state index contributed by atoms with van der Waals surface area (Å²) in [7, 11) is 2.89. The summed E-state index contributed by atoms with van der Waals surface area (Å²) in [4.78, 5) is 12.1. The van der Waals surface area contributed by atoms with Gasteiger partial charge in [-0.1, -0.05) is 23.4 Å². The number of carbonyl (C=O) groups is 1. The summed E-state index contributed by atoms with van der Waals surface area (Å²) < 4.78 is 36.9. The van der Waals surface area contributed by atoms with Gasteiger partial charge >= 0.3 is 12.6 Å². The lowest BCUT2D eigenvalue weighted by molar-refractivity contribution is -0.140. The lowest BCUT2D eigenvalue weighted by Gasteiger charge is -2.20. The van der Waals surface area contributed by atoms with Crippen LogP contribution < -0.4 is 4.74 Å². The molecule has 0 aliphatic rings. The molecule has 3 aromatic rings. The summed E-state index contributed by atoms with van der Waals surface area (Å²) in [6, 6.07) is 8.91. The zero-order chi connectivity index (χ0) is 21.1. The molecule has 29 heavy (non-hydrogen) atoms. The molecular formula is C20H20ClF2N3O3. The molecule has 0 bridgehead atoms. The van der Waals surface area contributed by atoms with Gasteiger partial charge < -0.3 is 9.47 Å².